The smallest absolute Gasteiger partial charge is 0.215 e. The summed E-state index contributed by atoms with van der Waals surface area (Å²) in [7, 11) is -1.34. The molecule has 0 spiro atoms. The molecule has 0 saturated heterocycles. The molecule has 5 heteroatoms. The van der Waals surface area contributed by atoms with Gasteiger partial charge in [-0.25, -0.2) is 12.7 Å². The zero-order valence-corrected chi connectivity index (χ0v) is 12.6. The van der Waals surface area contributed by atoms with Crippen LogP contribution in [0.3, 0.4) is 0 Å². The van der Waals surface area contributed by atoms with Crippen LogP contribution in [-0.4, -0.2) is 45.2 Å². The minimum atomic E-state index is -3.07. The summed E-state index contributed by atoms with van der Waals surface area (Å²) in [6.07, 6.45) is 7.25. The van der Waals surface area contributed by atoms with Gasteiger partial charge in [0.25, 0.3) is 0 Å². The van der Waals surface area contributed by atoms with E-state index < -0.39 is 10.0 Å². The van der Waals surface area contributed by atoms with Crippen LogP contribution in [-0.2, 0) is 10.0 Å². The molecule has 1 fully saturated rings. The molecule has 0 heterocycles. The van der Waals surface area contributed by atoms with E-state index in [9.17, 15) is 8.42 Å². The van der Waals surface area contributed by atoms with Gasteiger partial charge in [-0.05, 0) is 31.7 Å². The molecule has 108 valence electrons. The maximum Gasteiger partial charge on any atom is 0.215 e. The standard InChI is InChI=1S/C13H28N2O2S/c1-3-9-14-10-11-18(16,17)15(2)12-13-7-5-4-6-8-13/h13-14H,3-12H2,1-2H3. The summed E-state index contributed by atoms with van der Waals surface area (Å²) in [5.41, 5.74) is 0. The number of nitrogens with zero attached hydrogens (tertiary/aromatic N) is 1. The predicted molar refractivity (Wildman–Crippen MR) is 76.2 cm³/mol. The maximum absolute atomic E-state index is 12.1. The highest BCUT2D eigenvalue weighted by Crippen LogP contribution is 2.24. The van der Waals surface area contributed by atoms with Crippen LogP contribution in [0.5, 0.6) is 0 Å². The highest BCUT2D eigenvalue weighted by Gasteiger charge is 2.22. The van der Waals surface area contributed by atoms with Crippen LogP contribution in [0.15, 0.2) is 0 Å². The Hall–Kier alpha value is -0.130. The molecular weight excluding hydrogens is 248 g/mol. The number of hydrogen-bond acceptors (Lipinski definition) is 3. The van der Waals surface area contributed by atoms with Crippen molar-refractivity contribution in [2.24, 2.45) is 5.92 Å². The lowest BCUT2D eigenvalue weighted by molar-refractivity contribution is 0.300. The molecule has 0 amide bonds. The first-order chi connectivity index (χ1) is 8.56. The number of sulfonamides is 1. The van der Waals surface area contributed by atoms with Crippen LogP contribution in [0.1, 0.15) is 45.4 Å². The van der Waals surface area contributed by atoms with Crippen molar-refractivity contribution in [3.8, 4) is 0 Å². The van der Waals surface area contributed by atoms with E-state index >= 15 is 0 Å². The Bertz CT molecular complexity index is 311. The molecule has 0 unspecified atom stereocenters. The maximum atomic E-state index is 12.1. The Balaban J connectivity index is 2.31. The molecular formula is C13H28N2O2S. The lowest BCUT2D eigenvalue weighted by Gasteiger charge is -2.26. The second-order valence-corrected chi connectivity index (χ2v) is 7.55. The highest BCUT2D eigenvalue weighted by atomic mass is 32.2. The van der Waals surface area contributed by atoms with Crippen LogP contribution >= 0.6 is 0 Å². The van der Waals surface area contributed by atoms with Gasteiger partial charge in [-0.15, -0.1) is 0 Å². The van der Waals surface area contributed by atoms with E-state index in [1.807, 2.05) is 0 Å². The SMILES string of the molecule is CCCNCCS(=O)(=O)N(C)CC1CCCCC1. The first kappa shape index (κ1) is 15.9. The molecule has 1 aliphatic carbocycles. The van der Waals surface area contributed by atoms with Crippen molar-refractivity contribution in [2.75, 3.05) is 32.4 Å². The number of nitrogens with one attached hydrogen (secondary N) is 1. The monoisotopic (exact) mass is 276 g/mol. The van der Waals surface area contributed by atoms with Crippen molar-refractivity contribution in [1.29, 1.82) is 0 Å². The molecule has 0 atom stereocenters. The molecule has 4 nitrogen and oxygen atoms in total. The third-order valence-corrected chi connectivity index (χ3v) is 5.50. The van der Waals surface area contributed by atoms with Crippen LogP contribution < -0.4 is 5.32 Å². The summed E-state index contributed by atoms with van der Waals surface area (Å²) < 4.78 is 25.7. The topological polar surface area (TPSA) is 49.4 Å². The van der Waals surface area contributed by atoms with E-state index in [1.54, 1.807) is 11.4 Å². The summed E-state index contributed by atoms with van der Waals surface area (Å²) >= 11 is 0. The van der Waals surface area contributed by atoms with E-state index in [0.29, 0.717) is 19.0 Å². The summed E-state index contributed by atoms with van der Waals surface area (Å²) in [6, 6.07) is 0. The van der Waals surface area contributed by atoms with Gasteiger partial charge >= 0.3 is 0 Å². The Labute approximate surface area is 112 Å². The van der Waals surface area contributed by atoms with Gasteiger partial charge in [0.1, 0.15) is 0 Å². The summed E-state index contributed by atoms with van der Waals surface area (Å²) in [6.45, 7) is 4.24. The zero-order valence-electron chi connectivity index (χ0n) is 11.8. The fourth-order valence-corrected chi connectivity index (χ4v) is 3.66. The molecule has 0 aromatic heterocycles. The lowest BCUT2D eigenvalue weighted by Crippen LogP contribution is -2.37. The van der Waals surface area contributed by atoms with Crippen LogP contribution in [0, 0.1) is 5.92 Å². The van der Waals surface area contributed by atoms with E-state index in [-0.39, 0.29) is 5.75 Å². The first-order valence-corrected chi connectivity index (χ1v) is 8.82. The van der Waals surface area contributed by atoms with Crippen molar-refractivity contribution < 1.29 is 8.42 Å². The molecule has 1 rings (SSSR count). The minimum absolute atomic E-state index is 0.218. The number of rotatable bonds is 8. The van der Waals surface area contributed by atoms with Gasteiger partial charge in [0, 0.05) is 20.1 Å². The minimum Gasteiger partial charge on any atom is -0.316 e. The average Bonchev–Trinajstić information content (AvgIpc) is 2.36. The van der Waals surface area contributed by atoms with Crippen molar-refractivity contribution in [3.63, 3.8) is 0 Å². The van der Waals surface area contributed by atoms with Gasteiger partial charge in [-0.1, -0.05) is 26.2 Å². The quantitative estimate of drug-likeness (QED) is 0.688. The molecule has 0 bridgehead atoms. The predicted octanol–water partition coefficient (Wildman–Crippen LogP) is 1.83. The van der Waals surface area contributed by atoms with Gasteiger partial charge in [0.05, 0.1) is 5.75 Å². The number of hydrogen-bond donors (Lipinski definition) is 1. The zero-order chi connectivity index (χ0) is 13.4. The van der Waals surface area contributed by atoms with Gasteiger partial charge in [0.15, 0.2) is 0 Å². The summed E-state index contributed by atoms with van der Waals surface area (Å²) in [4.78, 5) is 0. The molecule has 18 heavy (non-hydrogen) atoms. The molecule has 1 aliphatic rings. The third-order valence-electron chi connectivity index (χ3n) is 3.68. The van der Waals surface area contributed by atoms with E-state index in [2.05, 4.69) is 12.2 Å². The molecule has 0 aromatic carbocycles. The van der Waals surface area contributed by atoms with Crippen molar-refractivity contribution >= 4 is 10.0 Å². The Kier molecular flexibility index (Phi) is 7.19. The first-order valence-electron chi connectivity index (χ1n) is 7.21. The fraction of sp³-hybridized carbons (Fsp3) is 1.00. The molecule has 0 aliphatic heterocycles. The second-order valence-electron chi connectivity index (χ2n) is 5.35. The largest absolute Gasteiger partial charge is 0.316 e. The Morgan fingerprint density at radius 2 is 1.83 bits per heavy atom. The third kappa shape index (κ3) is 5.67. The summed E-state index contributed by atoms with van der Waals surface area (Å²) in [5.74, 6) is 0.790. The van der Waals surface area contributed by atoms with E-state index in [0.717, 1.165) is 13.0 Å². The fourth-order valence-electron chi connectivity index (χ4n) is 2.51. The van der Waals surface area contributed by atoms with Gasteiger partial charge in [-0.3, -0.25) is 0 Å². The molecule has 0 radical (unpaired) electrons. The summed E-state index contributed by atoms with van der Waals surface area (Å²) in [5, 5.41) is 3.14. The average molecular weight is 276 g/mol. The second kappa shape index (κ2) is 8.12. The van der Waals surface area contributed by atoms with Crippen molar-refractivity contribution in [1.82, 2.24) is 9.62 Å². The lowest BCUT2D eigenvalue weighted by atomic mass is 9.89. The van der Waals surface area contributed by atoms with Gasteiger partial charge < -0.3 is 5.32 Å². The molecule has 0 aromatic rings. The van der Waals surface area contributed by atoms with Crippen molar-refractivity contribution in [2.45, 2.75) is 45.4 Å². The van der Waals surface area contributed by atoms with E-state index in [4.69, 9.17) is 0 Å². The Morgan fingerprint density at radius 1 is 1.17 bits per heavy atom. The van der Waals surface area contributed by atoms with Crippen molar-refractivity contribution in [3.05, 3.63) is 0 Å². The van der Waals surface area contributed by atoms with E-state index in [1.165, 1.54) is 32.1 Å². The normalized spacial score (nSPS) is 18.4. The highest BCUT2D eigenvalue weighted by molar-refractivity contribution is 7.89. The Morgan fingerprint density at radius 3 is 2.44 bits per heavy atom. The van der Waals surface area contributed by atoms with Crippen LogP contribution in [0.25, 0.3) is 0 Å². The van der Waals surface area contributed by atoms with Gasteiger partial charge in [0.2, 0.25) is 10.0 Å². The van der Waals surface area contributed by atoms with Crippen LogP contribution in [0.4, 0.5) is 0 Å². The van der Waals surface area contributed by atoms with Crippen LogP contribution in [0.2, 0.25) is 0 Å². The molecule has 1 saturated carbocycles. The van der Waals surface area contributed by atoms with Gasteiger partial charge in [-0.2, -0.15) is 0 Å². The molecule has 1 N–H and O–H groups in total.